The van der Waals surface area contributed by atoms with Crippen molar-refractivity contribution in [3.63, 3.8) is 0 Å². The number of benzene rings is 1. The average molecular weight is 407 g/mol. The highest BCUT2D eigenvalue weighted by Gasteiger charge is 2.44. The largest absolute Gasteiger partial charge is 0.394 e. The van der Waals surface area contributed by atoms with Crippen LogP contribution in [0.2, 0.25) is 0 Å². The number of aromatic nitrogens is 4. The number of aliphatic hydroxyl groups is 1. The van der Waals surface area contributed by atoms with Gasteiger partial charge in [-0.3, -0.25) is 0 Å². The molecule has 1 aromatic carbocycles. The van der Waals surface area contributed by atoms with E-state index in [4.69, 9.17) is 15.2 Å². The summed E-state index contributed by atoms with van der Waals surface area (Å²) in [6, 6.07) is 9.31. The van der Waals surface area contributed by atoms with E-state index in [1.807, 2.05) is 30.3 Å². The second kappa shape index (κ2) is 7.66. The van der Waals surface area contributed by atoms with Crippen LogP contribution in [0.5, 0.6) is 0 Å². The lowest BCUT2D eigenvalue weighted by Crippen LogP contribution is -2.51. The third-order valence-corrected chi connectivity index (χ3v) is 6.35. The number of anilines is 2. The lowest BCUT2D eigenvalue weighted by atomic mass is 9.71. The molecule has 3 fully saturated rings. The average Bonchev–Trinajstić information content (AvgIpc) is 3.30. The maximum atomic E-state index is 9.92. The minimum atomic E-state index is -0.358. The van der Waals surface area contributed by atoms with Crippen LogP contribution in [0.4, 0.5) is 11.8 Å². The van der Waals surface area contributed by atoms with Gasteiger partial charge in [0.1, 0.15) is 11.4 Å². The molecule has 156 valence electrons. The van der Waals surface area contributed by atoms with Crippen LogP contribution in [0, 0.1) is 0 Å². The van der Waals surface area contributed by atoms with Crippen LogP contribution in [0.1, 0.15) is 36.7 Å². The second-order valence-corrected chi connectivity index (χ2v) is 8.08. The first-order valence-corrected chi connectivity index (χ1v) is 10.3. The van der Waals surface area contributed by atoms with Crippen LogP contribution in [0.25, 0.3) is 11.5 Å². The van der Waals surface area contributed by atoms with Gasteiger partial charge in [0.15, 0.2) is 5.82 Å². The Hall–Kier alpha value is -3.04. The Morgan fingerprint density at radius 1 is 1.13 bits per heavy atom. The molecule has 0 saturated carbocycles. The van der Waals surface area contributed by atoms with Gasteiger partial charge < -0.3 is 25.6 Å². The standard InChI is InChI=1S/C21H25N7O2/c22-20-23-12-15(17(25-20)24-16(13-29)14-4-2-1-3-5-14)18-26-19(27-30-18)21-6-9-28(10-7-21)11-8-21/h1-5,12,16,29H,6-11,13H2,(H3,22,23,24,25)/t16-/m1/s1. The normalized spacial score (nSPS) is 24.0. The van der Waals surface area contributed by atoms with E-state index in [1.54, 1.807) is 6.20 Å². The third-order valence-electron chi connectivity index (χ3n) is 6.35. The van der Waals surface area contributed by atoms with E-state index in [1.165, 1.54) is 0 Å². The van der Waals surface area contributed by atoms with E-state index in [0.29, 0.717) is 17.3 Å². The quantitative estimate of drug-likeness (QED) is 0.562. The molecule has 0 spiro atoms. The zero-order chi connectivity index (χ0) is 20.6. The van der Waals surface area contributed by atoms with Gasteiger partial charge in [-0.15, -0.1) is 0 Å². The van der Waals surface area contributed by atoms with E-state index < -0.39 is 0 Å². The first-order chi connectivity index (χ1) is 14.7. The van der Waals surface area contributed by atoms with Gasteiger partial charge in [-0.05, 0) is 44.5 Å². The lowest BCUT2D eigenvalue weighted by Gasteiger charge is -2.46. The summed E-state index contributed by atoms with van der Waals surface area (Å²) in [6.07, 6.45) is 4.74. The summed E-state index contributed by atoms with van der Waals surface area (Å²) in [5.41, 5.74) is 7.34. The predicted molar refractivity (Wildman–Crippen MR) is 112 cm³/mol. The molecule has 3 aliphatic rings. The molecule has 0 aliphatic carbocycles. The van der Waals surface area contributed by atoms with Crippen molar-refractivity contribution in [1.82, 2.24) is 25.0 Å². The predicted octanol–water partition coefficient (Wildman–Crippen LogP) is 1.99. The molecule has 30 heavy (non-hydrogen) atoms. The molecule has 1 atom stereocenters. The van der Waals surface area contributed by atoms with Gasteiger partial charge >= 0.3 is 0 Å². The van der Waals surface area contributed by atoms with Crippen LogP contribution in [-0.2, 0) is 5.41 Å². The van der Waals surface area contributed by atoms with Crippen molar-refractivity contribution in [2.24, 2.45) is 0 Å². The molecule has 5 heterocycles. The summed E-state index contributed by atoms with van der Waals surface area (Å²) in [5.74, 6) is 1.71. The molecule has 3 saturated heterocycles. The Balaban J connectivity index is 1.46. The minimum Gasteiger partial charge on any atom is -0.394 e. The first-order valence-electron chi connectivity index (χ1n) is 10.3. The van der Waals surface area contributed by atoms with Crippen molar-refractivity contribution in [2.45, 2.75) is 30.7 Å². The van der Waals surface area contributed by atoms with Gasteiger partial charge in [-0.1, -0.05) is 35.5 Å². The van der Waals surface area contributed by atoms with E-state index in [9.17, 15) is 5.11 Å². The fourth-order valence-electron chi connectivity index (χ4n) is 4.46. The lowest BCUT2D eigenvalue weighted by molar-refractivity contribution is 0.0747. The Morgan fingerprint density at radius 3 is 2.57 bits per heavy atom. The van der Waals surface area contributed by atoms with Gasteiger partial charge in [-0.2, -0.15) is 9.97 Å². The van der Waals surface area contributed by atoms with Crippen molar-refractivity contribution in [3.05, 3.63) is 47.9 Å². The maximum Gasteiger partial charge on any atom is 0.263 e. The Kier molecular flexibility index (Phi) is 4.84. The van der Waals surface area contributed by atoms with Gasteiger partial charge in [0.25, 0.3) is 5.89 Å². The second-order valence-electron chi connectivity index (χ2n) is 8.08. The van der Waals surface area contributed by atoms with Crippen molar-refractivity contribution in [3.8, 4) is 11.5 Å². The van der Waals surface area contributed by atoms with E-state index in [0.717, 1.165) is 50.3 Å². The summed E-state index contributed by atoms with van der Waals surface area (Å²) in [6.45, 7) is 3.13. The smallest absolute Gasteiger partial charge is 0.263 e. The van der Waals surface area contributed by atoms with Crippen LogP contribution in [0.15, 0.2) is 41.1 Å². The van der Waals surface area contributed by atoms with E-state index in [-0.39, 0.29) is 24.0 Å². The van der Waals surface area contributed by atoms with Crippen LogP contribution in [0.3, 0.4) is 0 Å². The number of hydrogen-bond acceptors (Lipinski definition) is 9. The monoisotopic (exact) mass is 407 g/mol. The highest BCUT2D eigenvalue weighted by atomic mass is 16.5. The highest BCUT2D eigenvalue weighted by Crippen LogP contribution is 2.42. The fourth-order valence-corrected chi connectivity index (χ4v) is 4.46. The molecular weight excluding hydrogens is 382 g/mol. The molecule has 6 rings (SSSR count). The SMILES string of the molecule is Nc1ncc(-c2nc(C34CCN(CC3)CC4)no2)c(N[C@H](CO)c2ccccc2)n1. The fraction of sp³-hybridized carbons (Fsp3) is 0.429. The molecule has 0 amide bonds. The zero-order valence-corrected chi connectivity index (χ0v) is 16.7. The summed E-state index contributed by atoms with van der Waals surface area (Å²) in [7, 11) is 0. The van der Waals surface area contributed by atoms with E-state index >= 15 is 0 Å². The summed E-state index contributed by atoms with van der Waals surface area (Å²) < 4.78 is 5.65. The number of nitrogens with two attached hydrogens (primary N) is 1. The number of fused-ring (bicyclic) bond motifs is 3. The molecule has 0 radical (unpaired) electrons. The molecule has 3 aromatic rings. The zero-order valence-electron chi connectivity index (χ0n) is 16.7. The van der Waals surface area contributed by atoms with Crippen molar-refractivity contribution < 1.29 is 9.63 Å². The summed E-state index contributed by atoms with van der Waals surface area (Å²) in [5, 5.41) is 17.5. The molecule has 3 aliphatic heterocycles. The third kappa shape index (κ3) is 3.40. The molecule has 2 bridgehead atoms. The number of nitrogen functional groups attached to an aromatic ring is 1. The van der Waals surface area contributed by atoms with Gasteiger partial charge in [0.2, 0.25) is 5.95 Å². The van der Waals surface area contributed by atoms with Gasteiger partial charge in [-0.25, -0.2) is 4.98 Å². The van der Waals surface area contributed by atoms with Crippen LogP contribution in [-0.4, -0.2) is 56.4 Å². The molecule has 9 heteroatoms. The number of aliphatic hydroxyl groups excluding tert-OH is 1. The Labute approximate surface area is 174 Å². The topological polar surface area (TPSA) is 126 Å². The summed E-state index contributed by atoms with van der Waals surface area (Å²) >= 11 is 0. The van der Waals surface area contributed by atoms with Crippen molar-refractivity contribution >= 4 is 11.8 Å². The van der Waals surface area contributed by atoms with Crippen LogP contribution >= 0.6 is 0 Å². The first kappa shape index (κ1) is 19.0. The van der Waals surface area contributed by atoms with Crippen LogP contribution < -0.4 is 11.1 Å². The van der Waals surface area contributed by atoms with Gasteiger partial charge in [0, 0.05) is 11.6 Å². The molecule has 0 unspecified atom stereocenters. The van der Waals surface area contributed by atoms with E-state index in [2.05, 4.69) is 25.3 Å². The number of piperidine rings is 3. The molecule has 4 N–H and O–H groups in total. The highest BCUT2D eigenvalue weighted by molar-refractivity contribution is 5.69. The Bertz CT molecular complexity index is 1000. The molecular formula is C21H25N7O2. The van der Waals surface area contributed by atoms with Crippen molar-refractivity contribution in [2.75, 3.05) is 37.3 Å². The summed E-state index contributed by atoms with van der Waals surface area (Å²) in [4.78, 5) is 15.7. The number of nitrogens with one attached hydrogen (secondary N) is 1. The molecule has 9 nitrogen and oxygen atoms in total. The Morgan fingerprint density at radius 2 is 1.87 bits per heavy atom. The van der Waals surface area contributed by atoms with Gasteiger partial charge in [0.05, 0.1) is 12.6 Å². The minimum absolute atomic E-state index is 0.00354. The maximum absolute atomic E-state index is 9.92. The number of hydrogen-bond donors (Lipinski definition) is 3. The van der Waals surface area contributed by atoms with Crippen molar-refractivity contribution in [1.29, 1.82) is 0 Å². The number of rotatable bonds is 6. The molecule has 2 aromatic heterocycles. The number of nitrogens with zero attached hydrogens (tertiary/aromatic N) is 5.